The normalized spacial score (nSPS) is 10.1. The van der Waals surface area contributed by atoms with E-state index in [1.165, 1.54) is 16.9 Å². The van der Waals surface area contributed by atoms with Crippen LogP contribution in [-0.4, -0.2) is 10.9 Å². The van der Waals surface area contributed by atoms with Gasteiger partial charge in [0.05, 0.1) is 11.7 Å². The fourth-order valence-electron chi connectivity index (χ4n) is 1.42. The molecule has 0 spiro atoms. The van der Waals surface area contributed by atoms with Gasteiger partial charge in [0.2, 0.25) is 0 Å². The summed E-state index contributed by atoms with van der Waals surface area (Å²) in [6.07, 6.45) is 1.58. The number of carbonyl (C=O) groups excluding carboxylic acids is 1. The zero-order valence-corrected chi connectivity index (χ0v) is 9.75. The van der Waals surface area contributed by atoms with Crippen molar-refractivity contribution in [2.24, 2.45) is 0 Å². The Kier molecular flexibility index (Phi) is 3.31. The highest BCUT2D eigenvalue weighted by atomic mass is 32.1. The second-order valence-corrected chi connectivity index (χ2v) is 4.42. The predicted molar refractivity (Wildman–Crippen MR) is 64.5 cm³/mol. The van der Waals surface area contributed by atoms with Gasteiger partial charge in [-0.1, -0.05) is 29.8 Å². The molecule has 2 aromatic rings. The number of thiazole rings is 1. The molecule has 1 heterocycles. The molecule has 2 rings (SSSR count). The third kappa shape index (κ3) is 2.67. The minimum atomic E-state index is -0.0657. The first kappa shape index (κ1) is 10.8. The van der Waals surface area contributed by atoms with E-state index in [4.69, 9.17) is 0 Å². The molecule has 3 nitrogen and oxygen atoms in total. The first-order valence-corrected chi connectivity index (χ1v) is 5.86. The maximum atomic E-state index is 11.6. The lowest BCUT2D eigenvalue weighted by molar-refractivity contribution is 0.0955. The van der Waals surface area contributed by atoms with E-state index < -0.39 is 0 Å². The van der Waals surface area contributed by atoms with Crippen molar-refractivity contribution in [1.29, 1.82) is 0 Å². The fraction of sp³-hybridized carbons (Fsp3) is 0.167. The second kappa shape index (κ2) is 4.90. The Balaban J connectivity index is 1.95. The zero-order chi connectivity index (χ0) is 11.4. The van der Waals surface area contributed by atoms with E-state index in [2.05, 4.69) is 16.4 Å². The molecule has 4 heteroatoms. The lowest BCUT2D eigenvalue weighted by Crippen LogP contribution is -2.21. The maximum Gasteiger partial charge on any atom is 0.263 e. The van der Waals surface area contributed by atoms with E-state index in [1.807, 2.05) is 25.1 Å². The molecule has 1 amide bonds. The molecule has 0 radical (unpaired) electrons. The molecule has 1 aromatic carbocycles. The maximum absolute atomic E-state index is 11.6. The summed E-state index contributed by atoms with van der Waals surface area (Å²) in [6, 6.07) is 8.09. The van der Waals surface area contributed by atoms with Crippen LogP contribution in [0.1, 0.15) is 20.8 Å². The highest BCUT2D eigenvalue weighted by molar-refractivity contribution is 7.11. The van der Waals surface area contributed by atoms with Crippen molar-refractivity contribution in [2.45, 2.75) is 13.5 Å². The number of aryl methyl sites for hydroxylation is 1. The summed E-state index contributed by atoms with van der Waals surface area (Å²) in [7, 11) is 0. The summed E-state index contributed by atoms with van der Waals surface area (Å²) in [6.45, 7) is 2.59. The van der Waals surface area contributed by atoms with Crippen molar-refractivity contribution in [1.82, 2.24) is 10.3 Å². The van der Waals surface area contributed by atoms with Gasteiger partial charge in [0, 0.05) is 6.54 Å². The molecule has 0 saturated carbocycles. The molecule has 1 aromatic heterocycles. The van der Waals surface area contributed by atoms with Crippen LogP contribution in [0.15, 0.2) is 36.0 Å². The zero-order valence-electron chi connectivity index (χ0n) is 8.93. The number of hydrogen-bond acceptors (Lipinski definition) is 3. The van der Waals surface area contributed by atoms with Gasteiger partial charge < -0.3 is 5.32 Å². The van der Waals surface area contributed by atoms with Crippen LogP contribution >= 0.6 is 11.3 Å². The summed E-state index contributed by atoms with van der Waals surface area (Å²) in [4.78, 5) is 16.1. The van der Waals surface area contributed by atoms with Gasteiger partial charge >= 0.3 is 0 Å². The minimum absolute atomic E-state index is 0.0657. The van der Waals surface area contributed by atoms with Crippen molar-refractivity contribution in [3.63, 3.8) is 0 Å². The second-order valence-electron chi connectivity index (χ2n) is 3.54. The number of nitrogens with one attached hydrogen (secondary N) is 1. The minimum Gasteiger partial charge on any atom is -0.347 e. The summed E-state index contributed by atoms with van der Waals surface area (Å²) in [5.74, 6) is -0.0657. The predicted octanol–water partition coefficient (Wildman–Crippen LogP) is 2.38. The molecule has 1 N–H and O–H groups in total. The molecule has 82 valence electrons. The number of benzene rings is 1. The Bertz CT molecular complexity index is 480. The molecule has 0 atom stereocenters. The number of aromatic nitrogens is 1. The number of carbonyl (C=O) groups is 1. The van der Waals surface area contributed by atoms with E-state index in [1.54, 1.807) is 11.7 Å². The Labute approximate surface area is 98.2 Å². The summed E-state index contributed by atoms with van der Waals surface area (Å²) < 4.78 is 0. The first-order valence-electron chi connectivity index (χ1n) is 4.98. The highest BCUT2D eigenvalue weighted by Gasteiger charge is 2.06. The van der Waals surface area contributed by atoms with Crippen LogP contribution in [0.25, 0.3) is 0 Å². The van der Waals surface area contributed by atoms with Crippen molar-refractivity contribution in [2.75, 3.05) is 0 Å². The molecular weight excluding hydrogens is 220 g/mol. The number of nitrogens with zero attached hydrogens (tertiary/aromatic N) is 1. The fourth-order valence-corrected chi connectivity index (χ4v) is 1.96. The van der Waals surface area contributed by atoms with Crippen molar-refractivity contribution in [3.05, 3.63) is 52.0 Å². The molecule has 0 fully saturated rings. The number of hydrogen-bond donors (Lipinski definition) is 1. The van der Waals surface area contributed by atoms with Crippen LogP contribution in [0, 0.1) is 6.92 Å². The van der Waals surface area contributed by atoms with E-state index in [-0.39, 0.29) is 5.91 Å². The largest absolute Gasteiger partial charge is 0.347 e. The molecule has 0 aliphatic carbocycles. The van der Waals surface area contributed by atoms with Crippen molar-refractivity contribution >= 4 is 17.2 Å². The SMILES string of the molecule is Cc1cccc(CNC(=O)c2cncs2)c1. The third-order valence-corrected chi connectivity index (χ3v) is 2.96. The Morgan fingerprint density at radius 2 is 2.38 bits per heavy atom. The van der Waals surface area contributed by atoms with Gasteiger partial charge in [-0.15, -0.1) is 11.3 Å². The smallest absolute Gasteiger partial charge is 0.263 e. The average molecular weight is 232 g/mol. The van der Waals surface area contributed by atoms with Crippen molar-refractivity contribution in [3.8, 4) is 0 Å². The molecule has 16 heavy (non-hydrogen) atoms. The quantitative estimate of drug-likeness (QED) is 0.882. The van der Waals surface area contributed by atoms with Crippen LogP contribution < -0.4 is 5.32 Å². The third-order valence-electron chi connectivity index (χ3n) is 2.19. The van der Waals surface area contributed by atoms with Crippen LogP contribution in [-0.2, 0) is 6.54 Å². The molecule has 0 unspecified atom stereocenters. The standard InChI is InChI=1S/C12H12N2OS/c1-9-3-2-4-10(5-9)6-14-12(15)11-7-13-8-16-11/h2-5,7-8H,6H2,1H3,(H,14,15). The highest BCUT2D eigenvalue weighted by Crippen LogP contribution is 2.07. The van der Waals surface area contributed by atoms with E-state index in [9.17, 15) is 4.79 Å². The average Bonchev–Trinajstić information content (AvgIpc) is 2.79. The first-order chi connectivity index (χ1) is 7.75. The van der Waals surface area contributed by atoms with Gasteiger partial charge in [-0.2, -0.15) is 0 Å². The van der Waals surface area contributed by atoms with E-state index in [0.717, 1.165) is 5.56 Å². The number of amides is 1. The van der Waals surface area contributed by atoms with Gasteiger partial charge in [-0.25, -0.2) is 0 Å². The van der Waals surface area contributed by atoms with Gasteiger partial charge in [-0.05, 0) is 12.5 Å². The molecule has 0 saturated heterocycles. The van der Waals surface area contributed by atoms with Crippen LogP contribution in [0.2, 0.25) is 0 Å². The van der Waals surface area contributed by atoms with E-state index in [0.29, 0.717) is 11.4 Å². The van der Waals surface area contributed by atoms with Gasteiger partial charge in [0.1, 0.15) is 4.88 Å². The van der Waals surface area contributed by atoms with Crippen molar-refractivity contribution < 1.29 is 4.79 Å². The van der Waals surface area contributed by atoms with Gasteiger partial charge in [0.15, 0.2) is 0 Å². The Morgan fingerprint density at radius 1 is 1.50 bits per heavy atom. The topological polar surface area (TPSA) is 42.0 Å². The summed E-state index contributed by atoms with van der Waals surface area (Å²) in [5.41, 5.74) is 3.96. The Hall–Kier alpha value is -1.68. The van der Waals surface area contributed by atoms with Gasteiger partial charge in [-0.3, -0.25) is 9.78 Å². The monoisotopic (exact) mass is 232 g/mol. The lowest BCUT2D eigenvalue weighted by Gasteiger charge is -2.04. The summed E-state index contributed by atoms with van der Waals surface area (Å²) >= 11 is 1.35. The molecule has 0 bridgehead atoms. The van der Waals surface area contributed by atoms with Crippen LogP contribution in [0.5, 0.6) is 0 Å². The number of rotatable bonds is 3. The molecule has 0 aliphatic rings. The lowest BCUT2D eigenvalue weighted by atomic mass is 10.1. The van der Waals surface area contributed by atoms with Gasteiger partial charge in [0.25, 0.3) is 5.91 Å². The van der Waals surface area contributed by atoms with Crippen LogP contribution in [0.4, 0.5) is 0 Å². The Morgan fingerprint density at radius 3 is 3.06 bits per heavy atom. The summed E-state index contributed by atoms with van der Waals surface area (Å²) in [5, 5.41) is 2.86. The molecular formula is C12H12N2OS. The van der Waals surface area contributed by atoms with Crippen LogP contribution in [0.3, 0.4) is 0 Å². The molecule has 0 aliphatic heterocycles. The van der Waals surface area contributed by atoms with E-state index >= 15 is 0 Å².